The van der Waals surface area contributed by atoms with E-state index in [1.807, 2.05) is 60.7 Å². The van der Waals surface area contributed by atoms with E-state index in [-0.39, 0.29) is 0 Å². The Hall–Kier alpha value is -2.04. The molecule has 3 rings (SSSR count). The van der Waals surface area contributed by atoms with Gasteiger partial charge in [-0.2, -0.15) is 4.42 Å². The molecule has 1 fully saturated rings. The van der Waals surface area contributed by atoms with E-state index in [9.17, 15) is 9.59 Å². The molecule has 0 saturated carbocycles. The van der Waals surface area contributed by atoms with Crippen LogP contribution in [0.15, 0.2) is 60.7 Å². The van der Waals surface area contributed by atoms with Gasteiger partial charge in [-0.05, 0) is 11.1 Å². The zero-order valence-electron chi connectivity index (χ0n) is 12.2. The average molecular weight is 349 g/mol. The second-order valence-electron chi connectivity index (χ2n) is 5.51. The highest BCUT2D eigenvalue weighted by Gasteiger charge is 2.57. The SMILES string of the molecule is O=C1N(Cl)C(=O)C(Cc2ccccc2)(Cc2ccccc2)N1Cl. The predicted molar refractivity (Wildman–Crippen MR) is 88.8 cm³/mol. The zero-order valence-corrected chi connectivity index (χ0v) is 13.7. The van der Waals surface area contributed by atoms with Crippen molar-refractivity contribution in [3.05, 3.63) is 71.8 Å². The summed E-state index contributed by atoms with van der Waals surface area (Å²) in [6, 6.07) is 18.2. The van der Waals surface area contributed by atoms with Gasteiger partial charge in [-0.25, -0.2) is 9.21 Å². The summed E-state index contributed by atoms with van der Waals surface area (Å²) in [5, 5.41) is 0. The number of carbonyl (C=O) groups is 2. The first kappa shape index (κ1) is 15.8. The molecule has 0 radical (unpaired) electrons. The summed E-state index contributed by atoms with van der Waals surface area (Å²) in [6.45, 7) is 0. The fourth-order valence-electron chi connectivity index (χ4n) is 2.83. The Morgan fingerprint density at radius 3 is 1.57 bits per heavy atom. The average Bonchev–Trinajstić information content (AvgIpc) is 2.73. The monoisotopic (exact) mass is 348 g/mol. The van der Waals surface area contributed by atoms with Crippen LogP contribution in [0.3, 0.4) is 0 Å². The topological polar surface area (TPSA) is 40.6 Å². The van der Waals surface area contributed by atoms with E-state index in [0.29, 0.717) is 17.3 Å². The van der Waals surface area contributed by atoms with Crippen LogP contribution >= 0.6 is 23.6 Å². The molecule has 0 spiro atoms. The lowest BCUT2D eigenvalue weighted by Gasteiger charge is -2.30. The maximum Gasteiger partial charge on any atom is 0.357 e. The molecular formula is C17H14Cl2N2O2. The lowest BCUT2D eigenvalue weighted by atomic mass is 9.84. The van der Waals surface area contributed by atoms with Crippen molar-refractivity contribution in [3.63, 3.8) is 0 Å². The molecule has 1 saturated heterocycles. The lowest BCUT2D eigenvalue weighted by molar-refractivity contribution is -0.129. The summed E-state index contributed by atoms with van der Waals surface area (Å²) in [5.41, 5.74) is 0.577. The molecule has 0 unspecified atom stereocenters. The molecule has 0 aliphatic carbocycles. The van der Waals surface area contributed by atoms with Crippen LogP contribution in [0.1, 0.15) is 11.1 Å². The first-order valence-electron chi connectivity index (χ1n) is 7.13. The Kier molecular flexibility index (Phi) is 4.28. The highest BCUT2D eigenvalue weighted by atomic mass is 35.5. The Morgan fingerprint density at radius 1 is 0.783 bits per heavy atom. The summed E-state index contributed by atoms with van der Waals surface area (Å²) in [7, 11) is 0. The minimum atomic E-state index is -1.23. The number of halogens is 2. The number of hydrogen-bond donors (Lipinski definition) is 0. The van der Waals surface area contributed by atoms with Gasteiger partial charge in [0.05, 0.1) is 0 Å². The van der Waals surface area contributed by atoms with Crippen molar-refractivity contribution in [1.82, 2.24) is 8.84 Å². The number of benzene rings is 2. The van der Waals surface area contributed by atoms with Gasteiger partial charge >= 0.3 is 6.03 Å². The van der Waals surface area contributed by atoms with Gasteiger partial charge in [0.2, 0.25) is 0 Å². The van der Waals surface area contributed by atoms with Crippen molar-refractivity contribution in [2.75, 3.05) is 0 Å². The zero-order chi connectivity index (χ0) is 16.4. The second kappa shape index (κ2) is 6.22. The molecule has 4 nitrogen and oxygen atoms in total. The molecule has 0 bridgehead atoms. The van der Waals surface area contributed by atoms with E-state index in [0.717, 1.165) is 15.5 Å². The van der Waals surface area contributed by atoms with E-state index in [1.54, 1.807) is 0 Å². The van der Waals surface area contributed by atoms with Crippen LogP contribution in [0.2, 0.25) is 0 Å². The quantitative estimate of drug-likeness (QED) is 0.623. The minimum absolute atomic E-state index is 0.292. The van der Waals surface area contributed by atoms with Crippen molar-refractivity contribution >= 4 is 35.5 Å². The third-order valence-electron chi connectivity index (χ3n) is 3.97. The molecule has 1 aliphatic heterocycles. The molecule has 1 heterocycles. The van der Waals surface area contributed by atoms with E-state index in [1.165, 1.54) is 0 Å². The Balaban J connectivity index is 2.03. The van der Waals surface area contributed by atoms with Crippen LogP contribution in [-0.4, -0.2) is 26.3 Å². The third kappa shape index (κ3) is 2.80. The standard InChI is InChI=1S/C17H14Cl2N2O2/c18-20-15(22)17(21(19)16(20)23,11-13-7-3-1-4-8-13)12-14-9-5-2-6-10-14/h1-10H,11-12H2. The third-order valence-corrected chi connectivity index (χ3v) is 4.73. The van der Waals surface area contributed by atoms with Crippen LogP contribution in [0, 0.1) is 0 Å². The number of imide groups is 1. The largest absolute Gasteiger partial charge is 0.357 e. The number of nitrogens with zero attached hydrogens (tertiary/aromatic N) is 2. The number of urea groups is 1. The summed E-state index contributed by atoms with van der Waals surface area (Å²) >= 11 is 12.0. The molecule has 118 valence electrons. The number of carbonyl (C=O) groups excluding carboxylic acids is 2. The second-order valence-corrected chi connectivity index (χ2v) is 6.18. The highest BCUT2D eigenvalue weighted by Crippen LogP contribution is 2.37. The number of hydrogen-bond acceptors (Lipinski definition) is 2. The lowest BCUT2D eigenvalue weighted by Crippen LogP contribution is -2.49. The van der Waals surface area contributed by atoms with Gasteiger partial charge in [0, 0.05) is 36.4 Å². The minimum Gasteiger partial charge on any atom is -0.270 e. The van der Waals surface area contributed by atoms with Crippen LogP contribution < -0.4 is 0 Å². The van der Waals surface area contributed by atoms with Crippen molar-refractivity contribution in [1.29, 1.82) is 0 Å². The summed E-state index contributed by atoms with van der Waals surface area (Å²) in [6.07, 6.45) is 0.583. The van der Waals surface area contributed by atoms with E-state index < -0.39 is 17.5 Å². The van der Waals surface area contributed by atoms with Crippen molar-refractivity contribution < 1.29 is 9.59 Å². The molecule has 2 aromatic rings. The number of rotatable bonds is 4. The first-order chi connectivity index (χ1) is 11.0. The fraction of sp³-hybridized carbons (Fsp3) is 0.176. The molecular weight excluding hydrogens is 335 g/mol. The molecule has 0 atom stereocenters. The van der Waals surface area contributed by atoms with Gasteiger partial charge in [0.25, 0.3) is 5.91 Å². The van der Waals surface area contributed by atoms with Crippen molar-refractivity contribution in [3.8, 4) is 0 Å². The van der Waals surface area contributed by atoms with Crippen LogP contribution in [-0.2, 0) is 17.6 Å². The molecule has 1 aliphatic rings. The Morgan fingerprint density at radius 2 is 1.22 bits per heavy atom. The Bertz CT molecular complexity index is 680. The van der Waals surface area contributed by atoms with Gasteiger partial charge in [-0.3, -0.25) is 4.79 Å². The Labute approximate surface area is 144 Å². The van der Waals surface area contributed by atoms with Gasteiger partial charge in [-0.1, -0.05) is 60.7 Å². The highest BCUT2D eigenvalue weighted by molar-refractivity contribution is 6.39. The van der Waals surface area contributed by atoms with Crippen LogP contribution in [0.25, 0.3) is 0 Å². The first-order valence-corrected chi connectivity index (χ1v) is 7.80. The molecule has 0 N–H and O–H groups in total. The van der Waals surface area contributed by atoms with Gasteiger partial charge < -0.3 is 0 Å². The smallest absolute Gasteiger partial charge is 0.270 e. The van der Waals surface area contributed by atoms with Gasteiger partial charge in [0.1, 0.15) is 5.54 Å². The normalized spacial score (nSPS) is 17.0. The molecule has 6 heteroatoms. The molecule has 2 aromatic carbocycles. The maximum atomic E-state index is 12.7. The van der Waals surface area contributed by atoms with E-state index >= 15 is 0 Å². The number of amides is 3. The van der Waals surface area contributed by atoms with Crippen molar-refractivity contribution in [2.24, 2.45) is 0 Å². The fourth-order valence-corrected chi connectivity index (χ4v) is 3.37. The molecule has 3 amide bonds. The van der Waals surface area contributed by atoms with Crippen LogP contribution in [0.5, 0.6) is 0 Å². The van der Waals surface area contributed by atoms with Crippen molar-refractivity contribution in [2.45, 2.75) is 18.4 Å². The van der Waals surface area contributed by atoms with E-state index in [4.69, 9.17) is 23.6 Å². The summed E-state index contributed by atoms with van der Waals surface area (Å²) in [4.78, 5) is 24.8. The molecule has 0 aromatic heterocycles. The predicted octanol–water partition coefficient (Wildman–Crippen LogP) is 3.78. The summed E-state index contributed by atoms with van der Waals surface area (Å²) < 4.78 is 1.50. The van der Waals surface area contributed by atoms with E-state index in [2.05, 4.69) is 0 Å². The molecule has 23 heavy (non-hydrogen) atoms. The van der Waals surface area contributed by atoms with Gasteiger partial charge in [-0.15, -0.1) is 0 Å². The van der Waals surface area contributed by atoms with Gasteiger partial charge in [0.15, 0.2) is 0 Å². The summed E-state index contributed by atoms with van der Waals surface area (Å²) in [5.74, 6) is -0.508. The van der Waals surface area contributed by atoms with Crippen LogP contribution in [0.4, 0.5) is 4.79 Å². The maximum absolute atomic E-state index is 12.7.